The molecule has 1 atom stereocenters. The highest BCUT2D eigenvalue weighted by molar-refractivity contribution is 7.89. The van der Waals surface area contributed by atoms with Crippen LogP contribution in [-0.2, 0) is 10.0 Å². The minimum Gasteiger partial charge on any atom is -0.496 e. The highest BCUT2D eigenvalue weighted by Gasteiger charge is 2.25. The van der Waals surface area contributed by atoms with E-state index in [9.17, 15) is 8.42 Å². The van der Waals surface area contributed by atoms with E-state index in [0.717, 1.165) is 30.0 Å². The first kappa shape index (κ1) is 21.3. The van der Waals surface area contributed by atoms with Gasteiger partial charge in [-0.25, -0.2) is 13.1 Å². The SMILES string of the molecule is COc1c(C)cc(S(=O)(=O)NCC(c2ccsc2)N2CCCCCC2)cc1C. The zero-order valence-corrected chi connectivity index (χ0v) is 18.5. The summed E-state index contributed by atoms with van der Waals surface area (Å²) >= 11 is 1.66. The van der Waals surface area contributed by atoms with Crippen molar-refractivity contribution in [3.8, 4) is 5.75 Å². The van der Waals surface area contributed by atoms with Crippen LogP contribution in [0, 0.1) is 13.8 Å². The Morgan fingerprint density at radius 3 is 2.32 bits per heavy atom. The highest BCUT2D eigenvalue weighted by atomic mass is 32.2. The Hall–Kier alpha value is -1.41. The maximum atomic E-state index is 13.0. The Labute approximate surface area is 172 Å². The number of nitrogens with one attached hydrogen (secondary N) is 1. The molecule has 0 radical (unpaired) electrons. The molecule has 1 aromatic heterocycles. The van der Waals surface area contributed by atoms with Crippen LogP contribution in [0.25, 0.3) is 0 Å². The molecule has 5 nitrogen and oxygen atoms in total. The van der Waals surface area contributed by atoms with E-state index in [1.807, 2.05) is 13.8 Å². The van der Waals surface area contributed by atoms with Gasteiger partial charge in [-0.2, -0.15) is 11.3 Å². The van der Waals surface area contributed by atoms with Gasteiger partial charge in [0.2, 0.25) is 10.0 Å². The van der Waals surface area contributed by atoms with Gasteiger partial charge in [-0.1, -0.05) is 12.8 Å². The number of hydrogen-bond donors (Lipinski definition) is 1. The molecule has 0 saturated carbocycles. The Morgan fingerprint density at radius 2 is 1.79 bits per heavy atom. The average Bonchev–Trinajstić information content (AvgIpc) is 3.04. The lowest BCUT2D eigenvalue weighted by molar-refractivity contribution is 0.206. The summed E-state index contributed by atoms with van der Waals surface area (Å²) in [6.07, 6.45) is 4.85. The molecule has 2 aromatic rings. The van der Waals surface area contributed by atoms with E-state index in [0.29, 0.717) is 11.4 Å². The van der Waals surface area contributed by atoms with Gasteiger partial charge in [-0.05, 0) is 85.4 Å². The van der Waals surface area contributed by atoms with Crippen molar-refractivity contribution in [2.75, 3.05) is 26.7 Å². The number of ether oxygens (including phenoxy) is 1. The van der Waals surface area contributed by atoms with Crippen molar-refractivity contribution in [2.24, 2.45) is 0 Å². The van der Waals surface area contributed by atoms with E-state index >= 15 is 0 Å². The number of methoxy groups -OCH3 is 1. The molecule has 154 valence electrons. The maximum absolute atomic E-state index is 13.0. The Balaban J connectivity index is 1.80. The van der Waals surface area contributed by atoms with Gasteiger partial charge >= 0.3 is 0 Å². The predicted molar refractivity (Wildman–Crippen MR) is 115 cm³/mol. The largest absolute Gasteiger partial charge is 0.496 e. The molecular weight excluding hydrogens is 392 g/mol. The van der Waals surface area contributed by atoms with E-state index in [-0.39, 0.29) is 6.04 Å². The van der Waals surface area contributed by atoms with Crippen molar-refractivity contribution in [2.45, 2.75) is 50.5 Å². The number of nitrogens with zero attached hydrogens (tertiary/aromatic N) is 1. The predicted octanol–water partition coefficient (Wildman–Crippen LogP) is 4.27. The molecule has 2 heterocycles. The van der Waals surface area contributed by atoms with Gasteiger partial charge in [0.05, 0.1) is 12.0 Å². The van der Waals surface area contributed by atoms with E-state index in [1.54, 1.807) is 30.6 Å². The lowest BCUT2D eigenvalue weighted by atomic mass is 10.1. The summed E-state index contributed by atoms with van der Waals surface area (Å²) in [5.41, 5.74) is 2.84. The molecule has 0 bridgehead atoms. The molecule has 0 amide bonds. The summed E-state index contributed by atoms with van der Waals surface area (Å²) in [7, 11) is -1.99. The van der Waals surface area contributed by atoms with Gasteiger partial charge in [0.15, 0.2) is 0 Å². The fourth-order valence-electron chi connectivity index (χ4n) is 3.99. The number of rotatable bonds is 7. The second-order valence-electron chi connectivity index (χ2n) is 7.46. The third-order valence-electron chi connectivity index (χ3n) is 5.42. The number of sulfonamides is 1. The monoisotopic (exact) mass is 422 g/mol. The summed E-state index contributed by atoms with van der Waals surface area (Å²) in [6.45, 7) is 6.15. The van der Waals surface area contributed by atoms with E-state index in [1.165, 1.54) is 31.2 Å². The fourth-order valence-corrected chi connectivity index (χ4v) is 5.90. The van der Waals surface area contributed by atoms with Gasteiger partial charge in [0.1, 0.15) is 5.75 Å². The van der Waals surface area contributed by atoms with E-state index in [4.69, 9.17) is 4.74 Å². The number of aryl methyl sites for hydroxylation is 2. The van der Waals surface area contributed by atoms with Crippen LogP contribution in [0.2, 0.25) is 0 Å². The van der Waals surface area contributed by atoms with E-state index in [2.05, 4.69) is 26.4 Å². The average molecular weight is 423 g/mol. The van der Waals surface area contributed by atoms with Crippen LogP contribution in [-0.4, -0.2) is 40.1 Å². The van der Waals surface area contributed by atoms with Crippen molar-refractivity contribution in [1.82, 2.24) is 9.62 Å². The third kappa shape index (κ3) is 4.95. The molecule has 1 aliphatic rings. The lowest BCUT2D eigenvalue weighted by Gasteiger charge is -2.30. The Kier molecular flexibility index (Phi) is 7.15. The van der Waals surface area contributed by atoms with Crippen LogP contribution in [0.15, 0.2) is 33.9 Å². The van der Waals surface area contributed by atoms with Crippen LogP contribution < -0.4 is 9.46 Å². The molecule has 1 unspecified atom stereocenters. The van der Waals surface area contributed by atoms with Crippen molar-refractivity contribution >= 4 is 21.4 Å². The minimum atomic E-state index is -3.59. The second-order valence-corrected chi connectivity index (χ2v) is 10.0. The van der Waals surface area contributed by atoms with Gasteiger partial charge in [0, 0.05) is 12.6 Å². The molecule has 1 aliphatic heterocycles. The zero-order valence-electron chi connectivity index (χ0n) is 16.9. The zero-order chi connectivity index (χ0) is 20.1. The standard InChI is InChI=1S/C21H30N2O3S2/c1-16-12-19(13-17(2)21(16)26-3)28(24,25)22-14-20(18-8-11-27-15-18)23-9-6-4-5-7-10-23/h8,11-13,15,20,22H,4-7,9-10,14H2,1-3H3. The first-order valence-electron chi connectivity index (χ1n) is 9.83. The van der Waals surface area contributed by atoms with Crippen LogP contribution in [0.1, 0.15) is 48.4 Å². The lowest BCUT2D eigenvalue weighted by Crippen LogP contribution is -2.38. The van der Waals surface area contributed by atoms with Gasteiger partial charge in [0.25, 0.3) is 0 Å². The molecular formula is C21H30N2O3S2. The molecule has 0 aliphatic carbocycles. The van der Waals surface area contributed by atoms with Crippen LogP contribution in [0.5, 0.6) is 5.75 Å². The summed E-state index contributed by atoms with van der Waals surface area (Å²) in [5, 5.41) is 4.19. The number of hydrogen-bond acceptors (Lipinski definition) is 5. The van der Waals surface area contributed by atoms with Crippen molar-refractivity contribution in [1.29, 1.82) is 0 Å². The molecule has 1 aromatic carbocycles. The molecule has 7 heteroatoms. The molecule has 1 N–H and O–H groups in total. The Morgan fingerprint density at radius 1 is 1.14 bits per heavy atom. The van der Waals surface area contributed by atoms with Crippen LogP contribution >= 0.6 is 11.3 Å². The number of benzene rings is 1. The fraction of sp³-hybridized carbons (Fsp3) is 0.524. The smallest absolute Gasteiger partial charge is 0.240 e. The first-order chi connectivity index (χ1) is 13.4. The normalized spacial score (nSPS) is 17.2. The second kappa shape index (κ2) is 9.39. The van der Waals surface area contributed by atoms with Gasteiger partial charge in [-0.3, -0.25) is 4.90 Å². The van der Waals surface area contributed by atoms with Gasteiger partial charge in [-0.15, -0.1) is 0 Å². The molecule has 3 rings (SSSR count). The van der Waals surface area contributed by atoms with Crippen LogP contribution in [0.3, 0.4) is 0 Å². The summed E-state index contributed by atoms with van der Waals surface area (Å²) < 4.78 is 34.2. The highest BCUT2D eigenvalue weighted by Crippen LogP contribution is 2.28. The van der Waals surface area contributed by atoms with Crippen LogP contribution in [0.4, 0.5) is 0 Å². The molecule has 1 fully saturated rings. The van der Waals surface area contributed by atoms with Crippen molar-refractivity contribution in [3.63, 3.8) is 0 Å². The van der Waals surface area contributed by atoms with E-state index < -0.39 is 10.0 Å². The maximum Gasteiger partial charge on any atom is 0.240 e. The number of likely N-dealkylation sites (tertiary alicyclic amines) is 1. The van der Waals surface area contributed by atoms with Crippen molar-refractivity contribution < 1.29 is 13.2 Å². The molecule has 1 saturated heterocycles. The Bertz CT molecular complexity index is 848. The topological polar surface area (TPSA) is 58.6 Å². The molecule has 0 spiro atoms. The molecule has 28 heavy (non-hydrogen) atoms. The third-order valence-corrected chi connectivity index (χ3v) is 7.53. The summed E-state index contributed by atoms with van der Waals surface area (Å²) in [6, 6.07) is 5.54. The number of thiophene rings is 1. The van der Waals surface area contributed by atoms with Gasteiger partial charge < -0.3 is 4.74 Å². The quantitative estimate of drug-likeness (QED) is 0.724. The summed E-state index contributed by atoms with van der Waals surface area (Å²) in [4.78, 5) is 2.73. The van der Waals surface area contributed by atoms with Crippen molar-refractivity contribution in [3.05, 3.63) is 45.6 Å². The summed E-state index contributed by atoms with van der Waals surface area (Å²) in [5.74, 6) is 0.736. The first-order valence-corrected chi connectivity index (χ1v) is 12.3. The minimum absolute atomic E-state index is 0.0690.